The van der Waals surface area contributed by atoms with Crippen LogP contribution in [0, 0.1) is 0 Å². The molecule has 2 N–H and O–H groups in total. The minimum atomic E-state index is -0.708. The van der Waals surface area contributed by atoms with Gasteiger partial charge in [0.25, 0.3) is 0 Å². The third-order valence-electron chi connectivity index (χ3n) is 1.38. The highest BCUT2D eigenvalue weighted by Crippen LogP contribution is 2.13. The normalized spacial score (nSPS) is 26.5. The topological polar surface area (TPSA) is 49.7 Å². The second-order valence-corrected chi connectivity index (χ2v) is 2.44. The van der Waals surface area contributed by atoms with E-state index in [-0.39, 0.29) is 0 Å². The molecule has 1 heterocycles. The smallest absolute Gasteiger partial charge is 0.162 e. The van der Waals surface area contributed by atoms with Gasteiger partial charge in [-0.15, -0.1) is 0 Å². The lowest BCUT2D eigenvalue weighted by molar-refractivity contribution is -0.304. The van der Waals surface area contributed by atoms with Gasteiger partial charge in [0.1, 0.15) is 0 Å². The predicted octanol–water partition coefficient (Wildman–Crippen LogP) is 0.730. The van der Waals surface area contributed by atoms with E-state index in [1.807, 2.05) is 36.4 Å². The summed E-state index contributed by atoms with van der Waals surface area (Å²) in [7, 11) is 0. The van der Waals surface area contributed by atoms with Crippen molar-refractivity contribution in [3.05, 3.63) is 36.4 Å². The van der Waals surface area contributed by atoms with Crippen LogP contribution in [0.5, 0.6) is 0 Å². The molecule has 0 aliphatic carbocycles. The minimum absolute atomic E-state index is 0.361. The van der Waals surface area contributed by atoms with Gasteiger partial charge in [0, 0.05) is 6.42 Å². The predicted molar refractivity (Wildman–Crippen MR) is 44.2 cm³/mol. The van der Waals surface area contributed by atoms with E-state index >= 15 is 0 Å². The molecule has 2 unspecified atom stereocenters. The Bertz CT molecular complexity index is 161. The summed E-state index contributed by atoms with van der Waals surface area (Å²) in [5, 5.41) is 16.5. The highest BCUT2D eigenvalue weighted by Gasteiger charge is 2.24. The first-order chi connectivity index (χ1) is 5.79. The molecule has 12 heavy (non-hydrogen) atoms. The highest BCUT2D eigenvalue weighted by atomic mass is 16.7. The molecule has 1 aromatic carbocycles. The number of rotatable bonds is 0. The highest BCUT2D eigenvalue weighted by molar-refractivity contribution is 4.99. The van der Waals surface area contributed by atoms with Crippen molar-refractivity contribution in [3.8, 4) is 0 Å². The molecule has 0 radical (unpaired) electrons. The molecule has 0 aromatic heterocycles. The third-order valence-corrected chi connectivity index (χ3v) is 1.38. The summed E-state index contributed by atoms with van der Waals surface area (Å²) in [6, 6.07) is 12.0. The van der Waals surface area contributed by atoms with Gasteiger partial charge in [-0.3, -0.25) is 0 Å². The van der Waals surface area contributed by atoms with Gasteiger partial charge in [-0.25, -0.2) is 0 Å². The first kappa shape index (κ1) is 9.19. The lowest BCUT2D eigenvalue weighted by Crippen LogP contribution is -2.36. The van der Waals surface area contributed by atoms with Crippen molar-refractivity contribution in [2.75, 3.05) is 0 Å². The van der Waals surface area contributed by atoms with Crippen molar-refractivity contribution >= 4 is 0 Å². The fourth-order valence-corrected chi connectivity index (χ4v) is 0.728. The number of aliphatic hydroxyl groups is 2. The summed E-state index contributed by atoms with van der Waals surface area (Å²) in [6.45, 7) is 0. The maximum absolute atomic E-state index is 8.24. The van der Waals surface area contributed by atoms with Gasteiger partial charge < -0.3 is 14.9 Å². The lowest BCUT2D eigenvalue weighted by atomic mass is 10.3. The molecule has 0 saturated carbocycles. The summed E-state index contributed by atoms with van der Waals surface area (Å²) in [4.78, 5) is 0. The zero-order valence-corrected chi connectivity index (χ0v) is 6.63. The summed E-state index contributed by atoms with van der Waals surface area (Å²) >= 11 is 0. The molecule has 1 aliphatic heterocycles. The molecular formula is C9H12O3. The van der Waals surface area contributed by atoms with Gasteiger partial charge in [-0.1, -0.05) is 36.4 Å². The van der Waals surface area contributed by atoms with Crippen molar-refractivity contribution in [1.29, 1.82) is 0 Å². The van der Waals surface area contributed by atoms with Crippen molar-refractivity contribution in [1.82, 2.24) is 0 Å². The molecule has 2 atom stereocenters. The molecule has 3 heteroatoms. The summed E-state index contributed by atoms with van der Waals surface area (Å²) in [5.74, 6) is 0. The Balaban J connectivity index is 0.000000120. The summed E-state index contributed by atoms with van der Waals surface area (Å²) < 4.78 is 4.25. The second-order valence-electron chi connectivity index (χ2n) is 2.44. The van der Waals surface area contributed by atoms with Gasteiger partial charge in [0.2, 0.25) is 0 Å². The first-order valence-electron chi connectivity index (χ1n) is 3.80. The molecule has 1 fully saturated rings. The Hall–Kier alpha value is -0.900. The maximum Gasteiger partial charge on any atom is 0.162 e. The van der Waals surface area contributed by atoms with Crippen LogP contribution in [0.4, 0.5) is 0 Å². The Morgan fingerprint density at radius 1 is 0.833 bits per heavy atom. The van der Waals surface area contributed by atoms with Crippen LogP contribution in [0.15, 0.2) is 36.4 Å². The molecule has 1 saturated heterocycles. The van der Waals surface area contributed by atoms with Crippen molar-refractivity contribution in [2.24, 2.45) is 0 Å². The maximum atomic E-state index is 8.24. The van der Waals surface area contributed by atoms with Crippen LogP contribution in [0.2, 0.25) is 0 Å². The number of hydrogen-bond acceptors (Lipinski definition) is 3. The molecule has 0 bridgehead atoms. The van der Waals surface area contributed by atoms with Crippen LogP contribution in [0.25, 0.3) is 0 Å². The number of ether oxygens (including phenoxy) is 1. The van der Waals surface area contributed by atoms with E-state index in [4.69, 9.17) is 10.2 Å². The van der Waals surface area contributed by atoms with Gasteiger partial charge in [-0.2, -0.15) is 0 Å². The van der Waals surface area contributed by atoms with Crippen LogP contribution >= 0.6 is 0 Å². The molecule has 1 aliphatic rings. The van der Waals surface area contributed by atoms with Gasteiger partial charge in [-0.05, 0) is 0 Å². The van der Waals surface area contributed by atoms with Crippen LogP contribution in [-0.2, 0) is 4.74 Å². The minimum Gasteiger partial charge on any atom is -0.368 e. The van der Waals surface area contributed by atoms with E-state index in [1.54, 1.807) is 0 Å². The van der Waals surface area contributed by atoms with Crippen LogP contribution in [-0.4, -0.2) is 22.8 Å². The number of aliphatic hydroxyl groups excluding tert-OH is 2. The first-order valence-corrected chi connectivity index (χ1v) is 3.80. The second kappa shape index (κ2) is 4.87. The van der Waals surface area contributed by atoms with Crippen LogP contribution < -0.4 is 0 Å². The van der Waals surface area contributed by atoms with E-state index in [2.05, 4.69) is 4.74 Å². The van der Waals surface area contributed by atoms with Gasteiger partial charge in [0.05, 0.1) is 0 Å². The fraction of sp³-hybridized carbons (Fsp3) is 0.333. The van der Waals surface area contributed by atoms with Gasteiger partial charge >= 0.3 is 0 Å². The lowest BCUT2D eigenvalue weighted by Gasteiger charge is -2.26. The van der Waals surface area contributed by atoms with E-state index in [0.29, 0.717) is 6.42 Å². The van der Waals surface area contributed by atoms with E-state index < -0.39 is 12.6 Å². The molecule has 0 amide bonds. The van der Waals surface area contributed by atoms with E-state index in [9.17, 15) is 0 Å². The van der Waals surface area contributed by atoms with Crippen LogP contribution in [0.1, 0.15) is 6.42 Å². The molecule has 66 valence electrons. The standard InChI is InChI=1S/C6H6.C3H6O3/c1-2-4-6-5-3-1;4-2-1-3(5)6-2/h1-6H;2-5H,1H2. The summed E-state index contributed by atoms with van der Waals surface area (Å²) in [5.41, 5.74) is 0. The average Bonchev–Trinajstić information content (AvgIpc) is 2.07. The van der Waals surface area contributed by atoms with Crippen LogP contribution in [0.3, 0.4) is 0 Å². The van der Waals surface area contributed by atoms with E-state index in [1.165, 1.54) is 0 Å². The quantitative estimate of drug-likeness (QED) is 0.600. The monoisotopic (exact) mass is 168 g/mol. The molecule has 1 aromatic rings. The zero-order chi connectivity index (χ0) is 8.81. The van der Waals surface area contributed by atoms with Gasteiger partial charge in [0.15, 0.2) is 12.6 Å². The Kier molecular flexibility index (Phi) is 3.73. The number of benzene rings is 1. The molecule has 0 spiro atoms. The molecular weight excluding hydrogens is 156 g/mol. The van der Waals surface area contributed by atoms with Crippen molar-refractivity contribution < 1.29 is 14.9 Å². The summed E-state index contributed by atoms with van der Waals surface area (Å²) in [6.07, 6.45) is -1.06. The Labute approximate surface area is 71.2 Å². The SMILES string of the molecule is OC1CC(O)O1.c1ccccc1. The Morgan fingerprint density at radius 2 is 1.08 bits per heavy atom. The van der Waals surface area contributed by atoms with Crippen molar-refractivity contribution in [3.63, 3.8) is 0 Å². The largest absolute Gasteiger partial charge is 0.368 e. The zero-order valence-electron chi connectivity index (χ0n) is 6.63. The third kappa shape index (κ3) is 3.48. The number of hydrogen-bond donors (Lipinski definition) is 2. The molecule has 2 rings (SSSR count). The van der Waals surface area contributed by atoms with Crippen molar-refractivity contribution in [2.45, 2.75) is 19.0 Å². The molecule has 3 nitrogen and oxygen atoms in total. The van der Waals surface area contributed by atoms with E-state index in [0.717, 1.165) is 0 Å². The average molecular weight is 168 g/mol. The fourth-order valence-electron chi connectivity index (χ4n) is 0.728. The Morgan fingerprint density at radius 3 is 1.17 bits per heavy atom.